The van der Waals surface area contributed by atoms with Crippen molar-refractivity contribution in [2.24, 2.45) is 5.73 Å². The van der Waals surface area contributed by atoms with Gasteiger partial charge in [0, 0.05) is 30.8 Å². The second-order valence-corrected chi connectivity index (χ2v) is 4.22. The maximum Gasteiger partial charge on any atom is 0.269 e. The van der Waals surface area contributed by atoms with Crippen LogP contribution >= 0.6 is 24.0 Å². The van der Waals surface area contributed by atoms with Crippen LogP contribution in [0.5, 0.6) is 0 Å². The predicted octanol–water partition coefficient (Wildman–Crippen LogP) is 1.26. The lowest BCUT2D eigenvalue weighted by molar-refractivity contribution is -0.384. The normalized spacial score (nSPS) is 11.3. The summed E-state index contributed by atoms with van der Waals surface area (Å²) >= 11 is 5.90. The van der Waals surface area contributed by atoms with Gasteiger partial charge in [-0.3, -0.25) is 14.9 Å². The first-order valence-corrected chi connectivity index (χ1v) is 5.78. The summed E-state index contributed by atoms with van der Waals surface area (Å²) in [6.07, 6.45) is 0. The van der Waals surface area contributed by atoms with Crippen molar-refractivity contribution >= 4 is 35.6 Å². The zero-order valence-corrected chi connectivity index (χ0v) is 12.2. The molecule has 1 atom stereocenters. The first-order valence-electron chi connectivity index (χ1n) is 5.40. The molecule has 0 aliphatic rings. The molecule has 0 aliphatic heterocycles. The van der Waals surface area contributed by atoms with Crippen LogP contribution in [0.4, 0.5) is 5.69 Å². The molecule has 1 aromatic carbocycles. The summed E-state index contributed by atoms with van der Waals surface area (Å²) in [6, 6.07) is 3.23. The molecule has 0 heterocycles. The topological polar surface area (TPSA) is 107 Å². The Morgan fingerprint density at radius 2 is 2.25 bits per heavy atom. The van der Waals surface area contributed by atoms with Crippen LogP contribution in [-0.2, 0) is 16.1 Å². The highest BCUT2D eigenvalue weighted by molar-refractivity contribution is 6.31. The maximum atomic E-state index is 11.5. The van der Waals surface area contributed by atoms with Crippen molar-refractivity contribution in [1.29, 1.82) is 0 Å². The average Bonchev–Trinajstić information content (AvgIpc) is 2.37. The summed E-state index contributed by atoms with van der Waals surface area (Å²) in [6.45, 7) is 0.158. The molecule has 1 unspecified atom stereocenters. The molecule has 3 N–H and O–H groups in total. The first-order chi connectivity index (χ1) is 8.95. The maximum absolute atomic E-state index is 11.5. The third kappa shape index (κ3) is 5.30. The highest BCUT2D eigenvalue weighted by Crippen LogP contribution is 2.21. The molecular weight excluding hydrogens is 309 g/mol. The SMILES string of the molecule is COCC(N)C(=O)NCc1cc([N+](=O)[O-])ccc1Cl.Cl. The van der Waals surface area contributed by atoms with Gasteiger partial charge in [0.25, 0.3) is 5.69 Å². The minimum Gasteiger partial charge on any atom is -0.383 e. The molecule has 0 bridgehead atoms. The minimum absolute atomic E-state index is 0. The molecular formula is C11H15Cl2N3O4. The number of nitro benzene ring substituents is 1. The number of hydrogen-bond donors (Lipinski definition) is 2. The van der Waals surface area contributed by atoms with Crippen LogP contribution in [0, 0.1) is 10.1 Å². The van der Waals surface area contributed by atoms with Crippen LogP contribution in [0.1, 0.15) is 5.56 Å². The van der Waals surface area contributed by atoms with Gasteiger partial charge in [-0.2, -0.15) is 0 Å². The van der Waals surface area contributed by atoms with E-state index in [4.69, 9.17) is 22.1 Å². The molecule has 20 heavy (non-hydrogen) atoms. The minimum atomic E-state index is -0.789. The molecule has 0 radical (unpaired) electrons. The number of benzene rings is 1. The molecule has 0 spiro atoms. The summed E-state index contributed by atoms with van der Waals surface area (Å²) in [7, 11) is 1.44. The Hall–Kier alpha value is -1.41. The summed E-state index contributed by atoms with van der Waals surface area (Å²) in [4.78, 5) is 21.6. The highest BCUT2D eigenvalue weighted by Gasteiger charge is 2.14. The van der Waals surface area contributed by atoms with E-state index >= 15 is 0 Å². The number of rotatable bonds is 6. The van der Waals surface area contributed by atoms with Gasteiger partial charge in [-0.1, -0.05) is 11.6 Å². The number of hydrogen-bond acceptors (Lipinski definition) is 5. The van der Waals surface area contributed by atoms with Gasteiger partial charge >= 0.3 is 0 Å². The Bertz CT molecular complexity index is 485. The zero-order chi connectivity index (χ0) is 14.4. The van der Waals surface area contributed by atoms with Crippen molar-refractivity contribution in [2.75, 3.05) is 13.7 Å². The smallest absolute Gasteiger partial charge is 0.269 e. The van der Waals surface area contributed by atoms with Crippen molar-refractivity contribution in [3.8, 4) is 0 Å². The van der Waals surface area contributed by atoms with E-state index in [9.17, 15) is 14.9 Å². The number of nitrogens with zero attached hydrogens (tertiary/aromatic N) is 1. The van der Waals surface area contributed by atoms with Crippen LogP contribution in [0.2, 0.25) is 5.02 Å². The van der Waals surface area contributed by atoms with Gasteiger partial charge < -0.3 is 15.8 Å². The monoisotopic (exact) mass is 323 g/mol. The van der Waals surface area contributed by atoms with E-state index in [1.54, 1.807) is 0 Å². The first kappa shape index (κ1) is 18.6. The van der Waals surface area contributed by atoms with Crippen molar-refractivity contribution in [1.82, 2.24) is 5.32 Å². The van der Waals surface area contributed by atoms with Crippen LogP contribution in [0.15, 0.2) is 18.2 Å². The number of ether oxygens (including phenoxy) is 1. The largest absolute Gasteiger partial charge is 0.383 e. The second kappa shape index (κ2) is 8.70. The van der Waals surface area contributed by atoms with E-state index in [0.717, 1.165) is 0 Å². The molecule has 7 nitrogen and oxygen atoms in total. The third-order valence-corrected chi connectivity index (χ3v) is 2.74. The summed E-state index contributed by atoms with van der Waals surface area (Å²) in [5.74, 6) is -0.413. The van der Waals surface area contributed by atoms with Crippen LogP contribution in [0.25, 0.3) is 0 Å². The van der Waals surface area contributed by atoms with Gasteiger partial charge in [0.15, 0.2) is 0 Å². The van der Waals surface area contributed by atoms with E-state index in [-0.39, 0.29) is 31.2 Å². The molecule has 9 heteroatoms. The quantitative estimate of drug-likeness (QED) is 0.605. The Balaban J connectivity index is 0.00000361. The lowest BCUT2D eigenvalue weighted by atomic mass is 10.2. The number of halogens is 2. The predicted molar refractivity (Wildman–Crippen MR) is 77.1 cm³/mol. The van der Waals surface area contributed by atoms with Crippen molar-refractivity contribution in [2.45, 2.75) is 12.6 Å². The summed E-state index contributed by atoms with van der Waals surface area (Å²) in [5.41, 5.74) is 5.89. The van der Waals surface area contributed by atoms with Gasteiger partial charge in [0.2, 0.25) is 5.91 Å². The second-order valence-electron chi connectivity index (χ2n) is 3.81. The van der Waals surface area contributed by atoms with E-state index in [2.05, 4.69) is 5.32 Å². The number of carbonyl (C=O) groups is 1. The summed E-state index contributed by atoms with van der Waals surface area (Å²) in [5, 5.41) is 13.5. The summed E-state index contributed by atoms with van der Waals surface area (Å²) < 4.78 is 4.75. The number of carbonyl (C=O) groups excluding carboxylic acids is 1. The Labute approximate surface area is 127 Å². The van der Waals surface area contributed by atoms with Crippen molar-refractivity contribution in [3.05, 3.63) is 38.9 Å². The van der Waals surface area contributed by atoms with E-state index in [0.29, 0.717) is 10.6 Å². The van der Waals surface area contributed by atoms with E-state index in [1.807, 2.05) is 0 Å². The van der Waals surface area contributed by atoms with Crippen LogP contribution in [-0.4, -0.2) is 30.6 Å². The van der Waals surface area contributed by atoms with E-state index < -0.39 is 16.9 Å². The standard InChI is InChI=1S/C11H14ClN3O4.ClH/c1-19-6-10(13)11(16)14-5-7-4-8(15(17)18)2-3-9(7)12;/h2-4,10H,5-6,13H2,1H3,(H,14,16);1H. The van der Waals surface area contributed by atoms with Crippen LogP contribution < -0.4 is 11.1 Å². The van der Waals surface area contributed by atoms with Gasteiger partial charge in [-0.25, -0.2) is 0 Å². The third-order valence-electron chi connectivity index (χ3n) is 2.38. The van der Waals surface area contributed by atoms with Gasteiger partial charge in [-0.15, -0.1) is 12.4 Å². The van der Waals surface area contributed by atoms with Gasteiger partial charge in [-0.05, 0) is 11.6 Å². The average molecular weight is 324 g/mol. The number of amides is 1. The number of nitrogens with one attached hydrogen (secondary N) is 1. The fourth-order valence-corrected chi connectivity index (χ4v) is 1.56. The number of nitro groups is 1. The van der Waals surface area contributed by atoms with E-state index in [1.165, 1.54) is 25.3 Å². The molecule has 1 aromatic rings. The molecule has 0 saturated carbocycles. The molecule has 0 aromatic heterocycles. The lowest BCUT2D eigenvalue weighted by Crippen LogP contribution is -2.43. The Kier molecular flexibility index (Phi) is 8.09. The zero-order valence-electron chi connectivity index (χ0n) is 10.7. The Morgan fingerprint density at radius 3 is 2.80 bits per heavy atom. The highest BCUT2D eigenvalue weighted by atomic mass is 35.5. The lowest BCUT2D eigenvalue weighted by Gasteiger charge is -2.11. The van der Waals surface area contributed by atoms with Crippen molar-refractivity contribution in [3.63, 3.8) is 0 Å². The molecule has 0 aliphatic carbocycles. The molecule has 112 valence electrons. The van der Waals surface area contributed by atoms with Crippen molar-refractivity contribution < 1.29 is 14.5 Å². The number of non-ortho nitro benzene ring substituents is 1. The van der Waals surface area contributed by atoms with Gasteiger partial charge in [0.1, 0.15) is 6.04 Å². The molecule has 1 rings (SSSR count). The molecule has 0 fully saturated rings. The number of methoxy groups -OCH3 is 1. The number of nitrogens with two attached hydrogens (primary N) is 1. The fraction of sp³-hybridized carbons (Fsp3) is 0.364. The Morgan fingerprint density at radius 1 is 1.60 bits per heavy atom. The fourth-order valence-electron chi connectivity index (χ4n) is 1.38. The van der Waals surface area contributed by atoms with Gasteiger partial charge in [0.05, 0.1) is 11.5 Å². The van der Waals surface area contributed by atoms with Crippen LogP contribution in [0.3, 0.4) is 0 Å². The molecule has 0 saturated heterocycles. The molecule has 1 amide bonds.